The molecule has 0 saturated heterocycles. The van der Waals surface area contributed by atoms with Crippen molar-refractivity contribution in [1.82, 2.24) is 5.32 Å². The fraction of sp³-hybridized carbons (Fsp3) is 0.250. The molecule has 1 saturated carbocycles. The fourth-order valence-corrected chi connectivity index (χ4v) is 5.20. The molecule has 4 rings (SSSR count). The minimum absolute atomic E-state index is 0.292. The lowest BCUT2D eigenvalue weighted by Crippen LogP contribution is -2.29. The quantitative estimate of drug-likeness (QED) is 0.368. The summed E-state index contributed by atoms with van der Waals surface area (Å²) in [5, 5.41) is 12.3. The molecule has 0 atom stereocenters. The van der Waals surface area contributed by atoms with Crippen molar-refractivity contribution in [3.05, 3.63) is 101 Å². The van der Waals surface area contributed by atoms with Gasteiger partial charge in [-0.3, -0.25) is 5.41 Å². The summed E-state index contributed by atoms with van der Waals surface area (Å²) in [6.45, 7) is 6.40. The lowest BCUT2D eigenvalue weighted by atomic mass is 9.95. The van der Waals surface area contributed by atoms with Crippen molar-refractivity contribution in [1.29, 1.82) is 5.41 Å². The maximum Gasteiger partial charge on any atom is 0.123 e. The molecular weight excluding hydrogens is 415 g/mol. The third-order valence-electron chi connectivity index (χ3n) is 6.02. The van der Waals surface area contributed by atoms with Crippen LogP contribution >= 0.6 is 11.8 Å². The molecule has 2 nitrogen and oxygen atoms in total. The highest BCUT2D eigenvalue weighted by Crippen LogP contribution is 2.34. The molecule has 1 fully saturated rings. The Morgan fingerprint density at radius 3 is 2.34 bits per heavy atom. The van der Waals surface area contributed by atoms with Gasteiger partial charge >= 0.3 is 0 Å². The van der Waals surface area contributed by atoms with Gasteiger partial charge < -0.3 is 5.32 Å². The second-order valence-corrected chi connectivity index (χ2v) is 9.50. The molecule has 0 radical (unpaired) electrons. The molecular formula is C28H29FN2S. The normalized spacial score (nSPS) is 14.2. The molecule has 0 aliphatic heterocycles. The van der Waals surface area contributed by atoms with Gasteiger partial charge in [-0.2, -0.15) is 0 Å². The Hall–Kier alpha value is -2.85. The van der Waals surface area contributed by atoms with Gasteiger partial charge in [0.15, 0.2) is 0 Å². The molecule has 0 spiro atoms. The average Bonchev–Trinajstić information content (AvgIpc) is 2.81. The van der Waals surface area contributed by atoms with E-state index in [1.54, 1.807) is 23.9 Å². The van der Waals surface area contributed by atoms with E-state index in [2.05, 4.69) is 37.0 Å². The van der Waals surface area contributed by atoms with Crippen LogP contribution in [0.5, 0.6) is 0 Å². The Morgan fingerprint density at radius 1 is 0.938 bits per heavy atom. The summed E-state index contributed by atoms with van der Waals surface area (Å²) in [7, 11) is 0. The number of rotatable bonds is 7. The first-order chi connectivity index (χ1) is 15.5. The topological polar surface area (TPSA) is 35.9 Å². The van der Waals surface area contributed by atoms with E-state index >= 15 is 0 Å². The van der Waals surface area contributed by atoms with Crippen LogP contribution in [0.15, 0.2) is 83.1 Å². The number of nitrogens with one attached hydrogen (secondary N) is 2. The SMILES string of the molecule is C=C(NC1CCCCC1)c1ccc(Sc2ccccc2C(=N)c2ccc(F)cc2)c(C)c1. The van der Waals surface area contributed by atoms with Gasteiger partial charge in [0.25, 0.3) is 0 Å². The van der Waals surface area contributed by atoms with Gasteiger partial charge in [0, 0.05) is 32.7 Å². The number of hydrogen-bond donors (Lipinski definition) is 2. The van der Waals surface area contributed by atoms with E-state index in [-0.39, 0.29) is 5.82 Å². The molecule has 164 valence electrons. The molecule has 32 heavy (non-hydrogen) atoms. The van der Waals surface area contributed by atoms with Crippen molar-refractivity contribution >= 4 is 23.2 Å². The van der Waals surface area contributed by atoms with Gasteiger partial charge in [-0.25, -0.2) is 4.39 Å². The van der Waals surface area contributed by atoms with Crippen LogP contribution in [-0.4, -0.2) is 11.8 Å². The van der Waals surface area contributed by atoms with E-state index in [0.717, 1.165) is 26.6 Å². The third-order valence-corrected chi connectivity index (χ3v) is 7.27. The van der Waals surface area contributed by atoms with Crippen LogP contribution in [0, 0.1) is 18.2 Å². The monoisotopic (exact) mass is 444 g/mol. The summed E-state index contributed by atoms with van der Waals surface area (Å²) < 4.78 is 13.3. The van der Waals surface area contributed by atoms with E-state index < -0.39 is 0 Å². The van der Waals surface area contributed by atoms with Crippen molar-refractivity contribution < 1.29 is 4.39 Å². The van der Waals surface area contributed by atoms with Gasteiger partial charge in [-0.15, -0.1) is 0 Å². The molecule has 3 aromatic carbocycles. The highest BCUT2D eigenvalue weighted by atomic mass is 32.2. The van der Waals surface area contributed by atoms with Crippen molar-refractivity contribution in [3.8, 4) is 0 Å². The molecule has 2 N–H and O–H groups in total. The molecule has 0 amide bonds. The van der Waals surface area contributed by atoms with Crippen LogP contribution in [0.1, 0.15) is 54.4 Å². The Morgan fingerprint density at radius 2 is 1.62 bits per heavy atom. The summed E-state index contributed by atoms with van der Waals surface area (Å²) in [4.78, 5) is 2.16. The summed E-state index contributed by atoms with van der Waals surface area (Å²) >= 11 is 1.66. The van der Waals surface area contributed by atoms with Crippen LogP contribution < -0.4 is 5.32 Å². The Kier molecular flexibility index (Phi) is 7.11. The average molecular weight is 445 g/mol. The van der Waals surface area contributed by atoms with E-state index in [1.807, 2.05) is 24.3 Å². The first kappa shape index (κ1) is 22.3. The summed E-state index contributed by atoms with van der Waals surface area (Å²) in [6.07, 6.45) is 6.39. The minimum atomic E-state index is -0.292. The largest absolute Gasteiger partial charge is 0.382 e. The smallest absolute Gasteiger partial charge is 0.123 e. The molecule has 4 heteroatoms. The molecule has 1 aliphatic rings. The molecule has 0 aromatic heterocycles. The second kappa shape index (κ2) is 10.2. The molecule has 0 heterocycles. The summed E-state index contributed by atoms with van der Waals surface area (Å²) in [5.74, 6) is -0.292. The number of hydrogen-bond acceptors (Lipinski definition) is 3. The lowest BCUT2D eigenvalue weighted by molar-refractivity contribution is 0.409. The molecule has 0 unspecified atom stereocenters. The van der Waals surface area contributed by atoms with E-state index in [1.165, 1.54) is 49.8 Å². The van der Waals surface area contributed by atoms with Crippen LogP contribution in [0.25, 0.3) is 5.70 Å². The second-order valence-electron chi connectivity index (χ2n) is 8.42. The molecule has 3 aromatic rings. The van der Waals surface area contributed by atoms with Crippen LogP contribution in [-0.2, 0) is 0 Å². The van der Waals surface area contributed by atoms with Crippen molar-refractivity contribution in [2.45, 2.75) is 54.9 Å². The Balaban J connectivity index is 1.51. The number of aryl methyl sites for hydroxylation is 1. The maximum absolute atomic E-state index is 13.3. The van der Waals surface area contributed by atoms with Crippen LogP contribution in [0.3, 0.4) is 0 Å². The predicted octanol–water partition coefficient (Wildman–Crippen LogP) is 7.59. The Labute approximate surface area is 194 Å². The molecule has 0 bridgehead atoms. The van der Waals surface area contributed by atoms with Crippen molar-refractivity contribution in [2.24, 2.45) is 0 Å². The van der Waals surface area contributed by atoms with Gasteiger partial charge in [-0.1, -0.05) is 61.9 Å². The summed E-state index contributed by atoms with van der Waals surface area (Å²) in [5.41, 5.74) is 5.25. The highest BCUT2D eigenvalue weighted by Gasteiger charge is 2.15. The van der Waals surface area contributed by atoms with Gasteiger partial charge in [0.2, 0.25) is 0 Å². The van der Waals surface area contributed by atoms with Gasteiger partial charge in [-0.05, 0) is 73.4 Å². The predicted molar refractivity (Wildman–Crippen MR) is 133 cm³/mol. The number of halogens is 1. The fourth-order valence-electron chi connectivity index (χ4n) is 4.18. The van der Waals surface area contributed by atoms with Crippen molar-refractivity contribution in [2.75, 3.05) is 0 Å². The zero-order valence-electron chi connectivity index (χ0n) is 18.5. The lowest BCUT2D eigenvalue weighted by Gasteiger charge is -2.25. The van der Waals surface area contributed by atoms with Crippen molar-refractivity contribution in [3.63, 3.8) is 0 Å². The van der Waals surface area contributed by atoms with Gasteiger partial charge in [0.05, 0.1) is 5.71 Å². The van der Waals surface area contributed by atoms with Gasteiger partial charge in [0.1, 0.15) is 5.82 Å². The summed E-state index contributed by atoms with van der Waals surface area (Å²) in [6, 6.07) is 21.0. The van der Waals surface area contributed by atoms with Crippen LogP contribution in [0.4, 0.5) is 4.39 Å². The minimum Gasteiger partial charge on any atom is -0.382 e. The third kappa shape index (κ3) is 5.31. The molecule has 1 aliphatic carbocycles. The zero-order chi connectivity index (χ0) is 22.5. The van der Waals surface area contributed by atoms with E-state index in [4.69, 9.17) is 5.41 Å². The van der Waals surface area contributed by atoms with E-state index in [0.29, 0.717) is 17.3 Å². The van der Waals surface area contributed by atoms with E-state index in [9.17, 15) is 4.39 Å². The Bertz CT molecular complexity index is 1110. The highest BCUT2D eigenvalue weighted by molar-refractivity contribution is 7.99. The number of benzene rings is 3. The zero-order valence-corrected chi connectivity index (χ0v) is 19.3. The standard InChI is InChI=1S/C28H29FN2S/c1-19-18-22(20(2)31-24-8-4-3-5-9-24)14-17-26(19)32-27-11-7-6-10-25(27)28(30)21-12-15-23(29)16-13-21/h6-7,10-18,24,30-31H,2-5,8-9H2,1H3. The first-order valence-electron chi connectivity index (χ1n) is 11.2. The first-order valence-corrected chi connectivity index (χ1v) is 12.0. The maximum atomic E-state index is 13.3. The van der Waals surface area contributed by atoms with Crippen LogP contribution in [0.2, 0.25) is 0 Å².